The Morgan fingerprint density at radius 1 is 0.967 bits per heavy atom. The minimum atomic E-state index is -0.457. The standard InChI is InChI=1S/C21H16N6O2S/c1-26-18-9-5-6-10-19(18)30-21(26)25-24-20(15-7-3-2-4-8-15)23-22-16-11-13-17(14-12-16)27(28)29/h2-14H,1H3. The Morgan fingerprint density at radius 2 is 1.67 bits per heavy atom. The van der Waals surface area contributed by atoms with Crippen LogP contribution < -0.4 is 4.80 Å². The second-order valence-corrected chi connectivity index (χ2v) is 7.28. The first-order chi connectivity index (χ1) is 14.6. The maximum atomic E-state index is 10.8. The lowest BCUT2D eigenvalue weighted by molar-refractivity contribution is -0.384. The number of aromatic nitrogens is 1. The molecule has 1 aromatic heterocycles. The lowest BCUT2D eigenvalue weighted by atomic mass is 10.2. The fourth-order valence-electron chi connectivity index (χ4n) is 2.74. The van der Waals surface area contributed by atoms with Gasteiger partial charge in [-0.3, -0.25) is 10.1 Å². The summed E-state index contributed by atoms with van der Waals surface area (Å²) in [5.74, 6) is 0.339. The first-order valence-electron chi connectivity index (χ1n) is 9.00. The number of aryl methyl sites for hydroxylation is 1. The van der Waals surface area contributed by atoms with Crippen molar-refractivity contribution in [2.75, 3.05) is 0 Å². The van der Waals surface area contributed by atoms with Crippen molar-refractivity contribution in [2.24, 2.45) is 27.5 Å². The number of nitrogens with zero attached hydrogens (tertiary/aromatic N) is 6. The Kier molecular flexibility index (Phi) is 5.53. The Morgan fingerprint density at radius 3 is 2.37 bits per heavy atom. The second-order valence-electron chi connectivity index (χ2n) is 6.27. The number of hydrogen-bond donors (Lipinski definition) is 0. The zero-order valence-electron chi connectivity index (χ0n) is 15.9. The number of para-hydroxylation sites is 1. The number of hydrogen-bond acceptors (Lipinski definition) is 6. The van der Waals surface area contributed by atoms with E-state index in [0.717, 1.165) is 20.6 Å². The van der Waals surface area contributed by atoms with Gasteiger partial charge in [-0.05, 0) is 24.3 Å². The van der Waals surface area contributed by atoms with Gasteiger partial charge >= 0.3 is 0 Å². The summed E-state index contributed by atoms with van der Waals surface area (Å²) in [5, 5.41) is 27.9. The summed E-state index contributed by atoms with van der Waals surface area (Å²) in [5.41, 5.74) is 2.32. The smallest absolute Gasteiger partial charge is 0.269 e. The molecule has 0 fully saturated rings. The van der Waals surface area contributed by atoms with E-state index in [1.165, 1.54) is 35.6 Å². The number of nitro groups is 1. The van der Waals surface area contributed by atoms with Gasteiger partial charge in [-0.15, -0.1) is 20.4 Å². The Bertz CT molecular complexity index is 1320. The zero-order chi connectivity index (χ0) is 20.9. The quantitative estimate of drug-likeness (QED) is 0.150. The van der Waals surface area contributed by atoms with Crippen LogP contribution in [0.4, 0.5) is 11.4 Å². The molecular formula is C21H16N6O2S. The van der Waals surface area contributed by atoms with Crippen molar-refractivity contribution in [1.29, 1.82) is 0 Å². The van der Waals surface area contributed by atoms with Crippen LogP contribution >= 0.6 is 11.3 Å². The lowest BCUT2D eigenvalue weighted by Gasteiger charge is -1.98. The van der Waals surface area contributed by atoms with E-state index in [1.54, 1.807) is 0 Å². The molecule has 1 heterocycles. The van der Waals surface area contributed by atoms with Crippen molar-refractivity contribution in [3.05, 3.63) is 99.3 Å². The summed E-state index contributed by atoms with van der Waals surface area (Å²) < 4.78 is 3.09. The molecule has 4 rings (SSSR count). The van der Waals surface area contributed by atoms with E-state index >= 15 is 0 Å². The maximum absolute atomic E-state index is 10.8. The molecule has 0 atom stereocenters. The van der Waals surface area contributed by atoms with Gasteiger partial charge in [-0.2, -0.15) is 0 Å². The largest absolute Gasteiger partial charge is 0.318 e. The van der Waals surface area contributed by atoms with Crippen molar-refractivity contribution in [3.63, 3.8) is 0 Å². The number of azo groups is 1. The zero-order valence-corrected chi connectivity index (χ0v) is 16.7. The van der Waals surface area contributed by atoms with E-state index in [2.05, 4.69) is 20.4 Å². The van der Waals surface area contributed by atoms with Crippen LogP contribution in [0, 0.1) is 10.1 Å². The molecule has 0 saturated carbocycles. The van der Waals surface area contributed by atoms with Crippen LogP contribution in [-0.4, -0.2) is 15.3 Å². The number of benzene rings is 3. The number of rotatable bonds is 4. The fraction of sp³-hybridized carbons (Fsp3) is 0.0476. The average Bonchev–Trinajstić information content (AvgIpc) is 3.10. The Hall–Kier alpha value is -3.98. The molecule has 8 nitrogen and oxygen atoms in total. The first kappa shape index (κ1) is 19.3. The predicted octanol–water partition coefficient (Wildman–Crippen LogP) is 5.19. The van der Waals surface area contributed by atoms with Crippen molar-refractivity contribution in [3.8, 4) is 0 Å². The number of non-ortho nitro benzene ring substituents is 1. The summed E-state index contributed by atoms with van der Waals surface area (Å²) in [6.07, 6.45) is 0. The van der Waals surface area contributed by atoms with E-state index in [1.807, 2.05) is 66.2 Å². The van der Waals surface area contributed by atoms with Crippen molar-refractivity contribution >= 4 is 38.8 Å². The molecule has 0 spiro atoms. The number of nitro benzene ring substituents is 1. The third-order valence-corrected chi connectivity index (χ3v) is 5.40. The highest BCUT2D eigenvalue weighted by atomic mass is 32.1. The molecule has 0 bridgehead atoms. The van der Waals surface area contributed by atoms with E-state index in [9.17, 15) is 10.1 Å². The Labute approximate surface area is 175 Å². The molecule has 0 saturated heterocycles. The molecule has 4 aromatic rings. The van der Waals surface area contributed by atoms with Crippen molar-refractivity contribution in [2.45, 2.75) is 0 Å². The number of fused-ring (bicyclic) bond motifs is 1. The van der Waals surface area contributed by atoms with Gasteiger partial charge in [0.1, 0.15) is 0 Å². The van der Waals surface area contributed by atoms with Gasteiger partial charge in [0, 0.05) is 24.7 Å². The van der Waals surface area contributed by atoms with Gasteiger partial charge in [0.2, 0.25) is 10.6 Å². The summed E-state index contributed by atoms with van der Waals surface area (Å²) in [7, 11) is 1.94. The van der Waals surface area contributed by atoms with Crippen LogP contribution in [0.5, 0.6) is 0 Å². The molecule has 0 unspecified atom stereocenters. The Balaban J connectivity index is 1.73. The maximum Gasteiger partial charge on any atom is 0.269 e. The van der Waals surface area contributed by atoms with E-state index < -0.39 is 4.92 Å². The molecule has 148 valence electrons. The second kappa shape index (κ2) is 8.58. The predicted molar refractivity (Wildman–Crippen MR) is 117 cm³/mol. The van der Waals surface area contributed by atoms with Gasteiger partial charge in [-0.25, -0.2) is 0 Å². The minimum absolute atomic E-state index is 0.00170. The third-order valence-electron chi connectivity index (χ3n) is 4.30. The van der Waals surface area contributed by atoms with Crippen LogP contribution in [0.15, 0.2) is 99.3 Å². The normalized spacial score (nSPS) is 12.7. The van der Waals surface area contributed by atoms with E-state index in [-0.39, 0.29) is 5.69 Å². The van der Waals surface area contributed by atoms with Crippen molar-refractivity contribution in [1.82, 2.24) is 4.57 Å². The highest BCUT2D eigenvalue weighted by Crippen LogP contribution is 2.19. The average molecular weight is 416 g/mol. The highest BCUT2D eigenvalue weighted by molar-refractivity contribution is 7.16. The molecule has 3 aromatic carbocycles. The molecule has 0 N–H and O–H groups in total. The van der Waals surface area contributed by atoms with Crippen molar-refractivity contribution < 1.29 is 4.92 Å². The summed E-state index contributed by atoms with van der Waals surface area (Å²) in [6, 6.07) is 23.3. The number of amidine groups is 1. The van der Waals surface area contributed by atoms with Crippen LogP contribution in [0.1, 0.15) is 5.56 Å². The molecule has 0 aliphatic heterocycles. The summed E-state index contributed by atoms with van der Waals surface area (Å²) in [6.45, 7) is 0. The van der Waals surface area contributed by atoms with Gasteiger partial charge < -0.3 is 4.57 Å². The third kappa shape index (κ3) is 4.20. The van der Waals surface area contributed by atoms with E-state index in [0.29, 0.717) is 11.5 Å². The fourth-order valence-corrected chi connectivity index (χ4v) is 3.71. The molecule has 30 heavy (non-hydrogen) atoms. The van der Waals surface area contributed by atoms with Crippen LogP contribution in [0.2, 0.25) is 0 Å². The van der Waals surface area contributed by atoms with Crippen LogP contribution in [-0.2, 0) is 7.05 Å². The molecule has 0 aliphatic carbocycles. The molecule has 0 aliphatic rings. The molecular weight excluding hydrogens is 400 g/mol. The first-order valence-corrected chi connectivity index (χ1v) is 9.81. The summed E-state index contributed by atoms with van der Waals surface area (Å²) in [4.78, 5) is 11.1. The van der Waals surface area contributed by atoms with Gasteiger partial charge in [0.15, 0.2) is 0 Å². The highest BCUT2D eigenvalue weighted by Gasteiger charge is 2.06. The SMILES string of the molecule is Cn1c(=NN=C(N=Nc2ccc([N+](=O)[O-])cc2)c2ccccc2)sc2ccccc21. The summed E-state index contributed by atoms with van der Waals surface area (Å²) >= 11 is 1.53. The van der Waals surface area contributed by atoms with Gasteiger partial charge in [0.05, 0.1) is 20.8 Å². The van der Waals surface area contributed by atoms with Gasteiger partial charge in [0.25, 0.3) is 5.69 Å². The topological polar surface area (TPSA) is 97.5 Å². The molecule has 0 amide bonds. The minimum Gasteiger partial charge on any atom is -0.318 e. The number of thiazole rings is 1. The van der Waals surface area contributed by atoms with Crippen LogP contribution in [0.25, 0.3) is 10.2 Å². The molecule has 0 radical (unpaired) electrons. The van der Waals surface area contributed by atoms with Crippen LogP contribution in [0.3, 0.4) is 0 Å². The monoisotopic (exact) mass is 416 g/mol. The lowest BCUT2D eigenvalue weighted by Crippen LogP contribution is -2.09. The van der Waals surface area contributed by atoms with Gasteiger partial charge in [-0.1, -0.05) is 53.8 Å². The van der Waals surface area contributed by atoms with E-state index in [4.69, 9.17) is 0 Å². The molecule has 9 heteroatoms.